The Labute approximate surface area is 226 Å². The average molecular weight is 527 g/mol. The molecular formula is C31H31FN4O3. The molecule has 0 N–H and O–H groups in total. The van der Waals surface area contributed by atoms with Crippen LogP contribution in [-0.4, -0.2) is 55.5 Å². The molecule has 0 aliphatic carbocycles. The fourth-order valence-corrected chi connectivity index (χ4v) is 5.37. The molecule has 200 valence electrons. The normalized spacial score (nSPS) is 17.6. The molecule has 2 aliphatic heterocycles. The summed E-state index contributed by atoms with van der Waals surface area (Å²) >= 11 is 0. The van der Waals surface area contributed by atoms with E-state index in [0.29, 0.717) is 42.2 Å². The first-order chi connectivity index (χ1) is 19.0. The quantitative estimate of drug-likeness (QED) is 0.262. The van der Waals surface area contributed by atoms with Crippen LogP contribution in [0, 0.1) is 5.82 Å². The van der Waals surface area contributed by atoms with Crippen LogP contribution in [0.3, 0.4) is 0 Å². The molecule has 1 atom stereocenters. The van der Waals surface area contributed by atoms with Gasteiger partial charge in [0, 0.05) is 32.4 Å². The van der Waals surface area contributed by atoms with E-state index in [9.17, 15) is 4.79 Å². The van der Waals surface area contributed by atoms with Crippen molar-refractivity contribution in [2.45, 2.75) is 19.1 Å². The molecule has 4 aromatic rings. The van der Waals surface area contributed by atoms with Crippen LogP contribution in [0.2, 0.25) is 0 Å². The molecule has 0 spiro atoms. The zero-order valence-electron chi connectivity index (χ0n) is 22.1. The zero-order chi connectivity index (χ0) is 26.9. The van der Waals surface area contributed by atoms with Gasteiger partial charge in [-0.1, -0.05) is 65.8 Å². The Morgan fingerprint density at radius 1 is 1.03 bits per heavy atom. The molecule has 0 amide bonds. The van der Waals surface area contributed by atoms with Crippen molar-refractivity contribution in [1.82, 2.24) is 9.47 Å². The number of piperazine rings is 1. The molecule has 1 unspecified atom stereocenters. The van der Waals surface area contributed by atoms with Gasteiger partial charge in [-0.2, -0.15) is 0 Å². The van der Waals surface area contributed by atoms with Crippen molar-refractivity contribution in [1.29, 1.82) is 0 Å². The number of anilines is 1. The summed E-state index contributed by atoms with van der Waals surface area (Å²) in [4.78, 5) is 23.8. The van der Waals surface area contributed by atoms with Crippen molar-refractivity contribution in [3.05, 3.63) is 106 Å². The molecule has 1 aromatic heterocycles. The predicted molar refractivity (Wildman–Crippen MR) is 151 cm³/mol. The second-order valence-electron chi connectivity index (χ2n) is 10.2. The maximum atomic E-state index is 15.6. The van der Waals surface area contributed by atoms with Gasteiger partial charge in [-0.05, 0) is 31.2 Å². The lowest BCUT2D eigenvalue weighted by molar-refractivity contribution is 0.0888. The van der Waals surface area contributed by atoms with Crippen LogP contribution >= 0.6 is 0 Å². The van der Waals surface area contributed by atoms with Crippen molar-refractivity contribution in [3.8, 4) is 5.75 Å². The fraction of sp³-hybridized carbons (Fsp3) is 0.290. The Bertz CT molecular complexity index is 1520. The smallest absolute Gasteiger partial charge is 0.198 e. The van der Waals surface area contributed by atoms with Gasteiger partial charge in [0.2, 0.25) is 0 Å². The van der Waals surface area contributed by atoms with E-state index in [0.717, 1.165) is 24.2 Å². The number of ether oxygens (including phenoxy) is 1. The van der Waals surface area contributed by atoms with E-state index >= 15 is 4.39 Å². The van der Waals surface area contributed by atoms with E-state index in [-0.39, 0.29) is 16.9 Å². The van der Waals surface area contributed by atoms with Crippen LogP contribution in [0.1, 0.15) is 35.8 Å². The Balaban J connectivity index is 1.38. The molecule has 0 saturated carbocycles. The lowest BCUT2D eigenvalue weighted by atomic mass is 10.0. The largest absolute Gasteiger partial charge is 0.487 e. The summed E-state index contributed by atoms with van der Waals surface area (Å²) in [6.45, 7) is 5.46. The van der Waals surface area contributed by atoms with Crippen LogP contribution in [0.4, 0.5) is 10.1 Å². The molecule has 0 radical (unpaired) electrons. The lowest BCUT2D eigenvalue weighted by Gasteiger charge is -2.37. The number of aromatic nitrogens is 1. The average Bonchev–Trinajstić information content (AvgIpc) is 2.96. The molecule has 1 fully saturated rings. The number of pyridine rings is 1. The molecule has 8 heteroatoms. The number of rotatable bonds is 6. The van der Waals surface area contributed by atoms with Gasteiger partial charge in [-0.25, -0.2) is 4.39 Å². The molecule has 2 aliphatic rings. The molecule has 6 rings (SSSR count). The van der Waals surface area contributed by atoms with Crippen molar-refractivity contribution in [2.75, 3.05) is 44.7 Å². The number of likely N-dealkylation sites (N-methyl/N-ethyl adjacent to an activating group) is 1. The third-order valence-electron chi connectivity index (χ3n) is 7.55. The summed E-state index contributed by atoms with van der Waals surface area (Å²) < 4.78 is 23.7. The zero-order valence-corrected chi connectivity index (χ0v) is 22.1. The van der Waals surface area contributed by atoms with Crippen LogP contribution in [-0.2, 0) is 4.84 Å². The third kappa shape index (κ3) is 4.76. The number of hydrogen-bond acceptors (Lipinski definition) is 6. The molecule has 0 bridgehead atoms. The highest BCUT2D eigenvalue weighted by molar-refractivity contribution is 5.95. The number of nitrogens with zero attached hydrogens (tertiary/aromatic N) is 4. The maximum Gasteiger partial charge on any atom is 0.198 e. The highest BCUT2D eigenvalue weighted by Crippen LogP contribution is 2.42. The third-order valence-corrected chi connectivity index (χ3v) is 7.55. The first-order valence-corrected chi connectivity index (χ1v) is 13.3. The number of oxime groups is 1. The minimum atomic E-state index is -0.446. The molecule has 3 aromatic carbocycles. The maximum absolute atomic E-state index is 15.6. The summed E-state index contributed by atoms with van der Waals surface area (Å²) in [5.74, 6) is -0.00322. The van der Waals surface area contributed by atoms with Gasteiger partial charge in [-0.15, -0.1) is 0 Å². The van der Waals surface area contributed by atoms with Gasteiger partial charge in [0.1, 0.15) is 12.3 Å². The summed E-state index contributed by atoms with van der Waals surface area (Å²) in [6.07, 6.45) is 2.77. The topological polar surface area (TPSA) is 59.3 Å². The van der Waals surface area contributed by atoms with Crippen molar-refractivity contribution in [3.63, 3.8) is 0 Å². The van der Waals surface area contributed by atoms with Gasteiger partial charge in [0.05, 0.1) is 28.7 Å². The lowest BCUT2D eigenvalue weighted by Crippen LogP contribution is -2.45. The Kier molecular flexibility index (Phi) is 6.79. The van der Waals surface area contributed by atoms with E-state index in [1.807, 2.05) is 77.1 Å². The second kappa shape index (κ2) is 10.5. The Morgan fingerprint density at radius 2 is 1.67 bits per heavy atom. The summed E-state index contributed by atoms with van der Waals surface area (Å²) in [5.41, 5.74) is 2.97. The Morgan fingerprint density at radius 3 is 2.31 bits per heavy atom. The highest BCUT2D eigenvalue weighted by Gasteiger charge is 2.30. The first-order valence-electron chi connectivity index (χ1n) is 13.3. The van der Waals surface area contributed by atoms with Gasteiger partial charge in [0.15, 0.2) is 23.1 Å². The van der Waals surface area contributed by atoms with Crippen molar-refractivity contribution < 1.29 is 14.0 Å². The number of benzene rings is 3. The summed E-state index contributed by atoms with van der Waals surface area (Å²) in [7, 11) is 2.06. The molecular weight excluding hydrogens is 495 g/mol. The summed E-state index contributed by atoms with van der Waals surface area (Å²) in [5, 5.41) is 4.52. The van der Waals surface area contributed by atoms with Gasteiger partial charge >= 0.3 is 0 Å². The van der Waals surface area contributed by atoms with E-state index in [4.69, 9.17) is 9.57 Å². The minimum absolute atomic E-state index is 0.0409. The van der Waals surface area contributed by atoms with Crippen LogP contribution in [0.25, 0.3) is 10.9 Å². The second-order valence-corrected chi connectivity index (χ2v) is 10.2. The summed E-state index contributed by atoms with van der Waals surface area (Å²) in [6, 6.07) is 20.9. The van der Waals surface area contributed by atoms with E-state index in [1.165, 1.54) is 12.3 Å². The van der Waals surface area contributed by atoms with Crippen LogP contribution < -0.4 is 15.1 Å². The number of hydrogen-bond donors (Lipinski definition) is 0. The van der Waals surface area contributed by atoms with Gasteiger partial charge < -0.3 is 23.9 Å². The molecule has 7 nitrogen and oxygen atoms in total. The monoisotopic (exact) mass is 526 g/mol. The van der Waals surface area contributed by atoms with Crippen LogP contribution in [0.15, 0.2) is 82.9 Å². The first kappa shape index (κ1) is 25.1. The van der Waals surface area contributed by atoms with E-state index in [1.54, 1.807) is 6.20 Å². The highest BCUT2D eigenvalue weighted by atomic mass is 19.1. The minimum Gasteiger partial charge on any atom is -0.487 e. The number of halogens is 1. The van der Waals surface area contributed by atoms with Crippen molar-refractivity contribution >= 4 is 22.8 Å². The van der Waals surface area contributed by atoms with Gasteiger partial charge in [0.25, 0.3) is 0 Å². The van der Waals surface area contributed by atoms with E-state index in [2.05, 4.69) is 17.1 Å². The Hall–Kier alpha value is -4.17. The standard InChI is InChI=1S/C31H31FN4O3/c1-21-20-38-31-27-25(17-26(32)28(31)35-15-13-34(2)14-16-35)29(37)24(19-36(21)27)18-33-39-30(22-9-5-3-6-10-22)23-11-7-4-8-12-23/h3-12,17-19,21,30H,13-16,20H2,1-2H3. The van der Waals surface area contributed by atoms with Gasteiger partial charge in [-0.3, -0.25) is 4.79 Å². The molecule has 3 heterocycles. The molecule has 39 heavy (non-hydrogen) atoms. The predicted octanol–water partition coefficient (Wildman–Crippen LogP) is 4.99. The van der Waals surface area contributed by atoms with Crippen molar-refractivity contribution in [2.24, 2.45) is 5.16 Å². The SMILES string of the molecule is CC1COc2c(N3CCN(C)CC3)c(F)cc3c(=O)c(C=NOC(c4ccccc4)c4ccccc4)cn1c23. The van der Waals surface area contributed by atoms with Crippen LogP contribution in [0.5, 0.6) is 5.75 Å². The fourth-order valence-electron chi connectivity index (χ4n) is 5.37. The molecule has 1 saturated heterocycles. The van der Waals surface area contributed by atoms with E-state index < -0.39 is 11.9 Å².